The largest absolute Gasteiger partial charge is 0.351 e. The van der Waals surface area contributed by atoms with Crippen molar-refractivity contribution in [1.82, 2.24) is 15.5 Å². The fourth-order valence-corrected chi connectivity index (χ4v) is 4.63. The maximum atomic E-state index is 5.85. The average Bonchev–Trinajstić information content (AvgIpc) is 3.30. The lowest BCUT2D eigenvalue weighted by Crippen LogP contribution is -2.46. The van der Waals surface area contributed by atoms with Crippen molar-refractivity contribution >= 4 is 28.6 Å². The summed E-state index contributed by atoms with van der Waals surface area (Å²) >= 11 is 5.83. The summed E-state index contributed by atoms with van der Waals surface area (Å²) < 4.78 is 5.85. The van der Waals surface area contributed by atoms with Crippen molar-refractivity contribution in [2.45, 2.75) is 33.7 Å². The molecule has 0 aliphatic carbocycles. The van der Waals surface area contributed by atoms with Gasteiger partial charge in [0.25, 0.3) is 5.89 Å². The topological polar surface area (TPSA) is 54.2 Å². The summed E-state index contributed by atoms with van der Waals surface area (Å²) in [6.45, 7) is 8.26. The lowest BCUT2D eigenvalue weighted by molar-refractivity contribution is 0.404. The molecule has 4 aromatic rings. The number of hydrogen-bond donors (Lipinski definition) is 1. The van der Waals surface area contributed by atoms with E-state index in [1.54, 1.807) is 0 Å². The Morgan fingerprint density at radius 3 is 2.21 bits per heavy atom. The zero-order valence-electron chi connectivity index (χ0n) is 19.7. The molecule has 1 aliphatic heterocycles. The number of nitrogens with one attached hydrogen (secondary N) is 1. The molecule has 1 aliphatic rings. The maximum Gasteiger partial charge on any atom is 0.258 e. The normalized spacial score (nSPS) is 16.1. The minimum atomic E-state index is -0.208. The predicted octanol–water partition coefficient (Wildman–Crippen LogP) is 6.53. The maximum absolute atomic E-state index is 5.85. The van der Waals surface area contributed by atoms with Crippen LogP contribution in [0.2, 0.25) is 0 Å². The minimum absolute atomic E-state index is 0.208. The van der Waals surface area contributed by atoms with Gasteiger partial charge in [0.05, 0.1) is 11.6 Å². The molecular weight excluding hydrogens is 440 g/mol. The molecule has 0 radical (unpaired) electrons. The van der Waals surface area contributed by atoms with E-state index in [0.29, 0.717) is 16.8 Å². The molecule has 1 atom stereocenters. The van der Waals surface area contributed by atoms with Gasteiger partial charge in [-0.25, -0.2) is 0 Å². The molecule has 1 aromatic heterocycles. The van der Waals surface area contributed by atoms with Gasteiger partial charge < -0.3 is 9.84 Å². The fourth-order valence-electron chi connectivity index (χ4n) is 4.27. The number of aromatic nitrogens is 2. The molecule has 0 bridgehead atoms. The highest BCUT2D eigenvalue weighted by molar-refractivity contribution is 7.80. The zero-order chi connectivity index (χ0) is 23.8. The van der Waals surface area contributed by atoms with E-state index < -0.39 is 0 Å². The first kappa shape index (κ1) is 22.0. The molecule has 0 saturated heterocycles. The number of rotatable bonds is 4. The Kier molecular flexibility index (Phi) is 5.75. The summed E-state index contributed by atoms with van der Waals surface area (Å²) in [5, 5.41) is 8.47. The first-order chi connectivity index (χ1) is 16.4. The third-order valence-electron chi connectivity index (χ3n) is 6.12. The number of anilines is 1. The van der Waals surface area contributed by atoms with Gasteiger partial charge in [0.2, 0.25) is 5.82 Å². The van der Waals surface area contributed by atoms with Crippen molar-refractivity contribution in [2.24, 2.45) is 0 Å². The fraction of sp³-hybridized carbons (Fsp3) is 0.179. The van der Waals surface area contributed by atoms with Gasteiger partial charge in [-0.3, -0.25) is 4.90 Å². The van der Waals surface area contributed by atoms with Gasteiger partial charge in [0.15, 0.2) is 5.11 Å². The smallest absolute Gasteiger partial charge is 0.258 e. The summed E-state index contributed by atoms with van der Waals surface area (Å²) in [5.74, 6) is 1.04. The molecule has 3 aromatic carbocycles. The Hall–Kier alpha value is -3.77. The van der Waals surface area contributed by atoms with Crippen LogP contribution in [0.4, 0.5) is 5.69 Å². The molecule has 5 rings (SSSR count). The van der Waals surface area contributed by atoms with Crippen LogP contribution in [0, 0.1) is 20.8 Å². The van der Waals surface area contributed by atoms with Gasteiger partial charge in [0.1, 0.15) is 0 Å². The van der Waals surface area contributed by atoms with Crippen LogP contribution in [0.5, 0.6) is 0 Å². The van der Waals surface area contributed by atoms with E-state index in [1.165, 1.54) is 11.1 Å². The lowest BCUT2D eigenvalue weighted by Gasteiger charge is -2.37. The third kappa shape index (κ3) is 4.13. The SMILES string of the molecule is CC1=C(c2nc(-c3cccc(C)c3)no2)C(c2ccc(C)cc2)NC(=S)N1c1ccc(C)cc1. The minimum Gasteiger partial charge on any atom is -0.351 e. The van der Waals surface area contributed by atoms with E-state index in [0.717, 1.165) is 33.6 Å². The van der Waals surface area contributed by atoms with E-state index in [1.807, 2.05) is 17.0 Å². The monoisotopic (exact) mass is 466 g/mol. The number of hydrogen-bond acceptors (Lipinski definition) is 4. The first-order valence-corrected chi connectivity index (χ1v) is 11.7. The van der Waals surface area contributed by atoms with Crippen LogP contribution in [0.15, 0.2) is 83.0 Å². The van der Waals surface area contributed by atoms with Crippen LogP contribution >= 0.6 is 12.2 Å². The van der Waals surface area contributed by atoms with Crippen LogP contribution < -0.4 is 10.2 Å². The Balaban J connectivity index is 1.65. The van der Waals surface area contributed by atoms with Gasteiger partial charge in [-0.2, -0.15) is 4.98 Å². The molecular formula is C28H26N4OS. The number of thiocarbonyl (C=S) groups is 1. The summed E-state index contributed by atoms with van der Waals surface area (Å²) in [6, 6.07) is 24.6. The van der Waals surface area contributed by atoms with Gasteiger partial charge >= 0.3 is 0 Å². The predicted molar refractivity (Wildman–Crippen MR) is 140 cm³/mol. The van der Waals surface area contributed by atoms with E-state index >= 15 is 0 Å². The lowest BCUT2D eigenvalue weighted by atomic mass is 9.94. The Morgan fingerprint density at radius 1 is 0.853 bits per heavy atom. The van der Waals surface area contributed by atoms with Gasteiger partial charge in [-0.15, -0.1) is 0 Å². The second kappa shape index (κ2) is 8.88. The number of nitrogens with zero attached hydrogens (tertiary/aromatic N) is 3. The van der Waals surface area contributed by atoms with Gasteiger partial charge in [0, 0.05) is 16.9 Å². The summed E-state index contributed by atoms with van der Waals surface area (Å²) in [7, 11) is 0. The molecule has 5 nitrogen and oxygen atoms in total. The van der Waals surface area contributed by atoms with E-state index in [4.69, 9.17) is 21.7 Å². The molecule has 2 heterocycles. The molecule has 0 fully saturated rings. The summed E-state index contributed by atoms with van der Waals surface area (Å²) in [5.41, 5.74) is 8.40. The molecule has 0 saturated carbocycles. The van der Waals surface area contributed by atoms with Crippen LogP contribution in [0.3, 0.4) is 0 Å². The summed E-state index contributed by atoms with van der Waals surface area (Å²) in [6.07, 6.45) is 0. The van der Waals surface area contributed by atoms with Crippen LogP contribution in [-0.2, 0) is 0 Å². The van der Waals surface area contributed by atoms with Gasteiger partial charge in [-0.1, -0.05) is 76.4 Å². The van der Waals surface area contributed by atoms with Crippen molar-refractivity contribution in [3.05, 3.63) is 107 Å². The quantitative estimate of drug-likeness (QED) is 0.345. The molecule has 1 N–H and O–H groups in total. The van der Waals surface area contributed by atoms with Crippen molar-refractivity contribution in [1.29, 1.82) is 0 Å². The summed E-state index contributed by atoms with van der Waals surface area (Å²) in [4.78, 5) is 6.84. The zero-order valence-corrected chi connectivity index (χ0v) is 20.5. The van der Waals surface area contributed by atoms with Gasteiger partial charge in [-0.05, 0) is 63.7 Å². The number of allylic oxidation sites excluding steroid dienone is 1. The highest BCUT2D eigenvalue weighted by Crippen LogP contribution is 2.39. The molecule has 6 heteroatoms. The van der Waals surface area contributed by atoms with Crippen LogP contribution in [-0.4, -0.2) is 15.3 Å². The number of benzene rings is 3. The van der Waals surface area contributed by atoms with Crippen LogP contribution in [0.1, 0.15) is 41.1 Å². The van der Waals surface area contributed by atoms with Crippen molar-refractivity contribution in [3.63, 3.8) is 0 Å². The third-order valence-corrected chi connectivity index (χ3v) is 6.42. The Bertz CT molecular complexity index is 1390. The molecule has 170 valence electrons. The van der Waals surface area contributed by atoms with E-state index in [-0.39, 0.29) is 6.04 Å². The molecule has 0 amide bonds. The second-order valence-electron chi connectivity index (χ2n) is 8.76. The molecule has 34 heavy (non-hydrogen) atoms. The molecule has 0 spiro atoms. The van der Waals surface area contributed by atoms with Crippen LogP contribution in [0.25, 0.3) is 17.0 Å². The number of aryl methyl sites for hydroxylation is 3. The molecule has 1 unspecified atom stereocenters. The second-order valence-corrected chi connectivity index (χ2v) is 9.14. The Labute approximate surface area is 205 Å². The van der Waals surface area contributed by atoms with E-state index in [2.05, 4.69) is 98.8 Å². The van der Waals surface area contributed by atoms with Crippen molar-refractivity contribution < 1.29 is 4.52 Å². The Morgan fingerprint density at radius 2 is 1.53 bits per heavy atom. The van der Waals surface area contributed by atoms with Crippen molar-refractivity contribution in [2.75, 3.05) is 4.90 Å². The standard InChI is InChI=1S/C28H26N4OS/c1-17-8-12-21(13-9-17)25-24(27-30-26(31-33-27)22-7-5-6-19(3)16-22)20(4)32(28(34)29-25)23-14-10-18(2)11-15-23/h5-16,25H,1-4H3,(H,29,34). The first-order valence-electron chi connectivity index (χ1n) is 11.3. The highest BCUT2D eigenvalue weighted by Gasteiger charge is 2.34. The highest BCUT2D eigenvalue weighted by atomic mass is 32.1. The van der Waals surface area contributed by atoms with E-state index in [9.17, 15) is 0 Å². The average molecular weight is 467 g/mol. The van der Waals surface area contributed by atoms with Crippen molar-refractivity contribution in [3.8, 4) is 11.4 Å².